The molecule has 0 radical (unpaired) electrons. The third kappa shape index (κ3) is 2.81. The van der Waals surface area contributed by atoms with E-state index >= 15 is 0 Å². The molecule has 0 amide bonds. The molecule has 6 heteroatoms. The van der Waals surface area contributed by atoms with Crippen LogP contribution in [0.1, 0.15) is 32.1 Å². The van der Waals surface area contributed by atoms with Crippen molar-refractivity contribution in [3.63, 3.8) is 0 Å². The minimum atomic E-state index is 0.508. The lowest BCUT2D eigenvalue weighted by atomic mass is 9.89. The number of aromatic nitrogens is 4. The maximum Gasteiger partial charge on any atom is 0.183 e. The van der Waals surface area contributed by atoms with Gasteiger partial charge < -0.3 is 0 Å². The lowest BCUT2D eigenvalue weighted by molar-refractivity contribution is 0.307. The Bertz CT molecular complexity index is 591. The van der Waals surface area contributed by atoms with Crippen molar-refractivity contribution in [3.05, 3.63) is 28.2 Å². The maximum absolute atomic E-state index is 6.26. The molecule has 0 N–H and O–H groups in total. The van der Waals surface area contributed by atoms with Gasteiger partial charge in [0.15, 0.2) is 5.82 Å². The zero-order chi connectivity index (χ0) is 13.9. The van der Waals surface area contributed by atoms with Crippen LogP contribution in [0.25, 0.3) is 11.4 Å². The molecule has 4 nitrogen and oxygen atoms in total. The fourth-order valence-corrected chi connectivity index (χ4v) is 3.20. The Kier molecular flexibility index (Phi) is 4.22. The van der Waals surface area contributed by atoms with Crippen LogP contribution in [-0.4, -0.2) is 20.2 Å². The summed E-state index contributed by atoms with van der Waals surface area (Å²) in [6.07, 6.45) is 6.46. The molecule has 0 spiro atoms. The molecule has 1 heterocycles. The first-order chi connectivity index (χ1) is 9.75. The van der Waals surface area contributed by atoms with Crippen molar-refractivity contribution in [2.24, 2.45) is 5.92 Å². The quantitative estimate of drug-likeness (QED) is 0.852. The van der Waals surface area contributed by atoms with Gasteiger partial charge in [0.25, 0.3) is 0 Å². The fourth-order valence-electron chi connectivity index (χ4n) is 2.81. The number of halogens is 2. The Hall–Kier alpha value is -1.13. The maximum atomic E-state index is 6.26. The second kappa shape index (κ2) is 6.10. The van der Waals surface area contributed by atoms with Crippen molar-refractivity contribution < 1.29 is 0 Å². The Morgan fingerprint density at radius 3 is 2.75 bits per heavy atom. The molecular formula is C14H16Cl2N4. The van der Waals surface area contributed by atoms with E-state index in [0.717, 1.165) is 12.1 Å². The van der Waals surface area contributed by atoms with Gasteiger partial charge >= 0.3 is 0 Å². The molecule has 106 valence electrons. The molecule has 1 aromatic carbocycles. The number of nitrogens with zero attached hydrogens (tertiary/aromatic N) is 4. The normalized spacial score (nSPS) is 16.5. The highest BCUT2D eigenvalue weighted by molar-refractivity contribution is 6.43. The van der Waals surface area contributed by atoms with E-state index < -0.39 is 0 Å². The predicted octanol–water partition coefficient (Wildman–Crippen LogP) is 4.23. The average Bonchev–Trinajstić information content (AvgIpc) is 2.91. The largest absolute Gasteiger partial charge is 0.225 e. The van der Waals surface area contributed by atoms with Gasteiger partial charge in [-0.3, -0.25) is 0 Å². The number of rotatable bonds is 3. The molecule has 0 bridgehead atoms. The molecular weight excluding hydrogens is 295 g/mol. The van der Waals surface area contributed by atoms with Crippen LogP contribution in [0, 0.1) is 5.92 Å². The molecule has 1 saturated carbocycles. The Morgan fingerprint density at radius 2 is 1.95 bits per heavy atom. The van der Waals surface area contributed by atoms with Crippen molar-refractivity contribution >= 4 is 23.2 Å². The van der Waals surface area contributed by atoms with Crippen molar-refractivity contribution in [1.82, 2.24) is 20.2 Å². The van der Waals surface area contributed by atoms with Crippen LogP contribution >= 0.6 is 23.2 Å². The van der Waals surface area contributed by atoms with Gasteiger partial charge in [-0.05, 0) is 41.3 Å². The molecule has 0 unspecified atom stereocenters. The molecule has 20 heavy (non-hydrogen) atoms. The third-order valence-corrected chi connectivity index (χ3v) is 4.70. The van der Waals surface area contributed by atoms with E-state index in [2.05, 4.69) is 15.5 Å². The Balaban J connectivity index is 1.87. The second-order valence-corrected chi connectivity index (χ2v) is 6.08. The van der Waals surface area contributed by atoms with Crippen molar-refractivity contribution in [1.29, 1.82) is 0 Å². The van der Waals surface area contributed by atoms with Crippen LogP contribution < -0.4 is 0 Å². The fraction of sp³-hybridized carbons (Fsp3) is 0.500. The topological polar surface area (TPSA) is 43.6 Å². The minimum absolute atomic E-state index is 0.508. The highest BCUT2D eigenvalue weighted by Crippen LogP contribution is 2.33. The zero-order valence-electron chi connectivity index (χ0n) is 11.1. The van der Waals surface area contributed by atoms with Gasteiger partial charge in [0, 0.05) is 12.1 Å². The van der Waals surface area contributed by atoms with Gasteiger partial charge in [-0.15, -0.1) is 5.10 Å². The van der Waals surface area contributed by atoms with Crippen molar-refractivity contribution in [2.75, 3.05) is 0 Å². The van der Waals surface area contributed by atoms with Crippen molar-refractivity contribution in [2.45, 2.75) is 38.6 Å². The van der Waals surface area contributed by atoms with E-state index in [0.29, 0.717) is 21.8 Å². The zero-order valence-corrected chi connectivity index (χ0v) is 12.6. The minimum Gasteiger partial charge on any atom is -0.225 e. The highest BCUT2D eigenvalue weighted by Gasteiger charge is 2.19. The Morgan fingerprint density at radius 1 is 1.15 bits per heavy atom. The molecule has 1 aromatic heterocycles. The molecule has 1 aliphatic rings. The first kappa shape index (κ1) is 13.8. The summed E-state index contributed by atoms with van der Waals surface area (Å²) in [5.41, 5.74) is 0.792. The Labute approximate surface area is 128 Å². The van der Waals surface area contributed by atoms with Crippen LogP contribution in [0.2, 0.25) is 10.0 Å². The highest BCUT2D eigenvalue weighted by atomic mass is 35.5. The summed E-state index contributed by atoms with van der Waals surface area (Å²) in [6, 6.07) is 5.53. The van der Waals surface area contributed by atoms with Crippen LogP contribution in [0.4, 0.5) is 0 Å². The van der Waals surface area contributed by atoms with Crippen LogP contribution in [0.3, 0.4) is 0 Å². The number of hydrogen-bond donors (Lipinski definition) is 0. The molecule has 1 fully saturated rings. The number of hydrogen-bond acceptors (Lipinski definition) is 3. The van der Waals surface area contributed by atoms with Gasteiger partial charge in [0.2, 0.25) is 0 Å². The molecule has 3 rings (SSSR count). The molecule has 2 aromatic rings. The summed E-state index contributed by atoms with van der Waals surface area (Å²) in [5.74, 6) is 1.35. The second-order valence-electron chi connectivity index (χ2n) is 5.29. The van der Waals surface area contributed by atoms with E-state index in [1.54, 1.807) is 6.07 Å². The van der Waals surface area contributed by atoms with E-state index in [9.17, 15) is 0 Å². The summed E-state index contributed by atoms with van der Waals surface area (Å²) < 4.78 is 1.85. The standard InChI is InChI=1S/C14H16Cl2N4/c15-12-8-4-7-11(13(12)16)14-17-18-19-20(14)9-10-5-2-1-3-6-10/h4,7-8,10H,1-3,5-6,9H2. The molecule has 0 atom stereocenters. The van der Waals surface area contributed by atoms with Gasteiger partial charge in [-0.1, -0.05) is 48.5 Å². The van der Waals surface area contributed by atoms with E-state index in [-0.39, 0.29) is 0 Å². The van der Waals surface area contributed by atoms with Gasteiger partial charge in [-0.25, -0.2) is 4.68 Å². The van der Waals surface area contributed by atoms with Gasteiger partial charge in [0.1, 0.15) is 0 Å². The summed E-state index contributed by atoms with van der Waals surface area (Å²) in [5, 5.41) is 13.1. The molecule has 1 aliphatic carbocycles. The molecule has 0 aliphatic heterocycles. The first-order valence-electron chi connectivity index (χ1n) is 6.96. The lowest BCUT2D eigenvalue weighted by Crippen LogP contribution is -2.16. The van der Waals surface area contributed by atoms with Crippen LogP contribution in [0.5, 0.6) is 0 Å². The molecule has 0 saturated heterocycles. The van der Waals surface area contributed by atoms with Gasteiger partial charge in [-0.2, -0.15) is 0 Å². The lowest BCUT2D eigenvalue weighted by Gasteiger charge is -2.21. The summed E-state index contributed by atoms with van der Waals surface area (Å²) in [6.45, 7) is 0.852. The van der Waals surface area contributed by atoms with E-state index in [4.69, 9.17) is 23.2 Å². The summed E-state index contributed by atoms with van der Waals surface area (Å²) in [4.78, 5) is 0. The van der Waals surface area contributed by atoms with E-state index in [1.807, 2.05) is 16.8 Å². The van der Waals surface area contributed by atoms with Crippen LogP contribution in [-0.2, 0) is 6.54 Å². The summed E-state index contributed by atoms with van der Waals surface area (Å²) in [7, 11) is 0. The number of benzene rings is 1. The predicted molar refractivity (Wildman–Crippen MR) is 79.8 cm³/mol. The average molecular weight is 311 g/mol. The van der Waals surface area contributed by atoms with Crippen LogP contribution in [0.15, 0.2) is 18.2 Å². The monoisotopic (exact) mass is 310 g/mol. The third-order valence-electron chi connectivity index (χ3n) is 3.88. The summed E-state index contributed by atoms with van der Waals surface area (Å²) >= 11 is 12.3. The van der Waals surface area contributed by atoms with E-state index in [1.165, 1.54) is 32.1 Å². The SMILES string of the molecule is Clc1cccc(-c2nnnn2CC2CCCCC2)c1Cl. The first-order valence-corrected chi connectivity index (χ1v) is 7.72. The van der Waals surface area contributed by atoms with Gasteiger partial charge in [0.05, 0.1) is 10.0 Å². The smallest absolute Gasteiger partial charge is 0.183 e. The number of tetrazole rings is 1. The van der Waals surface area contributed by atoms with Crippen molar-refractivity contribution in [3.8, 4) is 11.4 Å².